The molecule has 0 radical (unpaired) electrons. The minimum Gasteiger partial charge on any atom is -0.386 e. The second kappa shape index (κ2) is 8.11. The second-order valence-electron chi connectivity index (χ2n) is 6.06. The number of rotatable bonds is 6. The van der Waals surface area contributed by atoms with Crippen molar-refractivity contribution in [2.45, 2.75) is 39.3 Å². The quantitative estimate of drug-likeness (QED) is 0.751. The highest BCUT2D eigenvalue weighted by Crippen LogP contribution is 2.23. The van der Waals surface area contributed by atoms with Gasteiger partial charge >= 0.3 is 6.03 Å². The molecule has 1 aromatic carbocycles. The number of carbonyl (C=O) groups is 1. The zero-order chi connectivity index (χ0) is 18.6. The summed E-state index contributed by atoms with van der Waals surface area (Å²) < 4.78 is 15.4. The van der Waals surface area contributed by atoms with E-state index in [2.05, 4.69) is 15.7 Å². The van der Waals surface area contributed by atoms with Crippen molar-refractivity contribution in [2.75, 3.05) is 6.54 Å². The maximum Gasteiger partial charge on any atom is 0.315 e. The lowest BCUT2D eigenvalue weighted by Crippen LogP contribution is -2.40. The zero-order valence-electron chi connectivity index (χ0n) is 15.0. The van der Waals surface area contributed by atoms with Crippen LogP contribution in [0.3, 0.4) is 0 Å². The third kappa shape index (κ3) is 4.36. The van der Waals surface area contributed by atoms with E-state index in [-0.39, 0.29) is 18.2 Å². The fraction of sp³-hybridized carbons (Fsp3) is 0.444. The molecule has 0 fully saturated rings. The van der Waals surface area contributed by atoms with E-state index < -0.39 is 18.0 Å². The number of halogens is 1. The lowest BCUT2D eigenvalue weighted by Gasteiger charge is -2.19. The third-order valence-electron chi connectivity index (χ3n) is 4.35. The highest BCUT2D eigenvalue weighted by molar-refractivity contribution is 5.74. The molecule has 2 aromatic rings. The Morgan fingerprint density at radius 2 is 2.04 bits per heavy atom. The van der Waals surface area contributed by atoms with E-state index in [1.165, 1.54) is 12.1 Å². The number of nitrogens with one attached hydrogen (secondary N) is 2. The maximum absolute atomic E-state index is 13.6. The molecule has 0 spiro atoms. The van der Waals surface area contributed by atoms with Gasteiger partial charge < -0.3 is 15.7 Å². The van der Waals surface area contributed by atoms with Gasteiger partial charge in [-0.25, -0.2) is 9.18 Å². The van der Waals surface area contributed by atoms with E-state index in [9.17, 15) is 14.3 Å². The number of benzene rings is 1. The minimum atomic E-state index is -1.10. The molecule has 0 aliphatic carbocycles. The van der Waals surface area contributed by atoms with Crippen molar-refractivity contribution in [2.24, 2.45) is 7.05 Å². The predicted octanol–water partition coefficient (Wildman–Crippen LogP) is 2.66. The van der Waals surface area contributed by atoms with Gasteiger partial charge in [-0.1, -0.05) is 25.1 Å². The molecule has 2 rings (SSSR count). The van der Waals surface area contributed by atoms with E-state index in [1.807, 2.05) is 27.8 Å². The van der Waals surface area contributed by atoms with Crippen molar-refractivity contribution >= 4 is 6.03 Å². The first-order valence-electron chi connectivity index (χ1n) is 8.32. The van der Waals surface area contributed by atoms with Crippen LogP contribution in [0.1, 0.15) is 48.0 Å². The van der Waals surface area contributed by atoms with E-state index in [0.29, 0.717) is 6.42 Å². The lowest BCUT2D eigenvalue weighted by molar-refractivity contribution is 0.168. The molecular weight excluding hydrogens is 323 g/mol. The summed E-state index contributed by atoms with van der Waals surface area (Å²) in [5.41, 5.74) is 3.03. The number of hydrogen-bond donors (Lipinski definition) is 3. The zero-order valence-corrected chi connectivity index (χ0v) is 15.0. The summed E-state index contributed by atoms with van der Waals surface area (Å²) in [7, 11) is 1.86. The van der Waals surface area contributed by atoms with Crippen molar-refractivity contribution in [1.29, 1.82) is 0 Å². The highest BCUT2D eigenvalue weighted by Gasteiger charge is 2.21. The fourth-order valence-electron chi connectivity index (χ4n) is 2.93. The molecular formula is C18H25FN4O2. The molecule has 6 nitrogen and oxygen atoms in total. The average molecular weight is 348 g/mol. The Balaban J connectivity index is 1.98. The summed E-state index contributed by atoms with van der Waals surface area (Å²) in [5, 5.41) is 19.9. The third-order valence-corrected chi connectivity index (χ3v) is 4.35. The van der Waals surface area contributed by atoms with E-state index in [1.54, 1.807) is 16.8 Å². The molecule has 1 aromatic heterocycles. The van der Waals surface area contributed by atoms with Gasteiger partial charge in [0.2, 0.25) is 0 Å². The van der Waals surface area contributed by atoms with Gasteiger partial charge in [-0.05, 0) is 26.3 Å². The summed E-state index contributed by atoms with van der Waals surface area (Å²) in [6, 6.07) is 5.37. The Labute approximate surface area is 147 Å². The Morgan fingerprint density at radius 3 is 2.60 bits per heavy atom. The normalized spacial score (nSPS) is 13.4. The molecule has 2 atom stereocenters. The van der Waals surface area contributed by atoms with Crippen LogP contribution in [0.25, 0.3) is 0 Å². The number of hydrogen-bond acceptors (Lipinski definition) is 3. The molecule has 1 heterocycles. The maximum atomic E-state index is 13.6. The highest BCUT2D eigenvalue weighted by atomic mass is 19.1. The number of carbonyl (C=O) groups excluding carboxylic acids is 1. The molecule has 3 N–H and O–H groups in total. The Bertz CT molecular complexity index is 745. The predicted molar refractivity (Wildman–Crippen MR) is 93.6 cm³/mol. The van der Waals surface area contributed by atoms with Gasteiger partial charge in [0.15, 0.2) is 0 Å². The van der Waals surface area contributed by atoms with Crippen LogP contribution in [0.2, 0.25) is 0 Å². The van der Waals surface area contributed by atoms with E-state index in [0.717, 1.165) is 17.0 Å². The smallest absolute Gasteiger partial charge is 0.315 e. The molecule has 0 aliphatic rings. The lowest BCUT2D eigenvalue weighted by atomic mass is 10.0. The van der Waals surface area contributed by atoms with Crippen molar-refractivity contribution in [3.63, 3.8) is 0 Å². The van der Waals surface area contributed by atoms with Crippen molar-refractivity contribution < 1.29 is 14.3 Å². The number of amides is 2. The van der Waals surface area contributed by atoms with E-state index >= 15 is 0 Å². The summed E-state index contributed by atoms with van der Waals surface area (Å²) in [4.78, 5) is 12.2. The summed E-state index contributed by atoms with van der Waals surface area (Å²) in [6.45, 7) is 5.77. The van der Waals surface area contributed by atoms with Crippen LogP contribution in [0.5, 0.6) is 0 Å². The van der Waals surface area contributed by atoms with Crippen molar-refractivity contribution in [3.05, 3.63) is 52.6 Å². The number of urea groups is 1. The Hall–Kier alpha value is -2.41. The fourth-order valence-corrected chi connectivity index (χ4v) is 2.93. The molecule has 0 saturated carbocycles. The van der Waals surface area contributed by atoms with Crippen LogP contribution >= 0.6 is 0 Å². The van der Waals surface area contributed by atoms with Crippen LogP contribution in [0.15, 0.2) is 24.3 Å². The molecule has 0 saturated heterocycles. The molecule has 0 unspecified atom stereocenters. The molecule has 0 bridgehead atoms. The number of aliphatic hydroxyl groups is 1. The summed E-state index contributed by atoms with van der Waals surface area (Å²) >= 11 is 0. The topological polar surface area (TPSA) is 79.2 Å². The van der Waals surface area contributed by atoms with Crippen LogP contribution in [-0.4, -0.2) is 27.5 Å². The minimum absolute atomic E-state index is 0.0752. The largest absolute Gasteiger partial charge is 0.386 e. The molecule has 25 heavy (non-hydrogen) atoms. The first-order chi connectivity index (χ1) is 11.8. The van der Waals surface area contributed by atoms with Crippen LogP contribution in [-0.2, 0) is 7.05 Å². The van der Waals surface area contributed by atoms with Gasteiger partial charge in [0, 0.05) is 30.4 Å². The van der Waals surface area contributed by atoms with Gasteiger partial charge in [0.25, 0.3) is 0 Å². The first kappa shape index (κ1) is 18.9. The molecule has 0 aliphatic heterocycles. The van der Waals surface area contributed by atoms with Gasteiger partial charge in [0.05, 0.1) is 17.8 Å². The van der Waals surface area contributed by atoms with Crippen LogP contribution in [0, 0.1) is 19.7 Å². The molecule has 2 amide bonds. The van der Waals surface area contributed by atoms with Crippen LogP contribution < -0.4 is 10.6 Å². The van der Waals surface area contributed by atoms with Gasteiger partial charge in [-0.3, -0.25) is 4.68 Å². The van der Waals surface area contributed by atoms with Crippen LogP contribution in [0.4, 0.5) is 9.18 Å². The molecule has 136 valence electrons. The van der Waals surface area contributed by atoms with Gasteiger partial charge in [-0.15, -0.1) is 0 Å². The van der Waals surface area contributed by atoms with E-state index in [4.69, 9.17) is 0 Å². The summed E-state index contributed by atoms with van der Waals surface area (Å²) in [5.74, 6) is -0.495. The van der Waals surface area contributed by atoms with Gasteiger partial charge in [0.1, 0.15) is 5.82 Å². The Morgan fingerprint density at radius 1 is 1.36 bits per heavy atom. The Kier molecular flexibility index (Phi) is 6.14. The van der Waals surface area contributed by atoms with Gasteiger partial charge in [-0.2, -0.15) is 5.10 Å². The number of aryl methyl sites for hydroxylation is 2. The monoisotopic (exact) mass is 348 g/mol. The van der Waals surface area contributed by atoms with Crippen molar-refractivity contribution in [1.82, 2.24) is 20.4 Å². The SMILES string of the molecule is CC[C@H](NC(=O)NC[C@@H](O)c1ccccc1F)c1c(C)nn(C)c1C. The number of aliphatic hydroxyl groups excluding tert-OH is 1. The molecule has 7 heteroatoms. The number of aromatic nitrogens is 2. The van der Waals surface area contributed by atoms with Crippen molar-refractivity contribution in [3.8, 4) is 0 Å². The average Bonchev–Trinajstić information content (AvgIpc) is 2.83. The second-order valence-corrected chi connectivity index (χ2v) is 6.06. The standard InChI is InChI=1S/C18H25FN4O2/c1-5-15(17-11(2)22-23(4)12(17)3)21-18(25)20-10-16(24)13-8-6-7-9-14(13)19/h6-9,15-16,24H,5,10H2,1-4H3,(H2,20,21,25)/t15-,16+/m0/s1. The summed E-state index contributed by atoms with van der Waals surface area (Å²) in [6.07, 6.45) is -0.398. The first-order valence-corrected chi connectivity index (χ1v) is 8.32. The number of nitrogens with zero attached hydrogens (tertiary/aromatic N) is 2.